The van der Waals surface area contributed by atoms with Crippen LogP contribution in [0.4, 0.5) is 5.82 Å². The monoisotopic (exact) mass is 352 g/mol. The van der Waals surface area contributed by atoms with Crippen LogP contribution in [0.3, 0.4) is 0 Å². The first-order chi connectivity index (χ1) is 10.2. The first kappa shape index (κ1) is 14.3. The number of nitrogens with two attached hydrogens (primary N) is 1. The van der Waals surface area contributed by atoms with E-state index in [0.717, 1.165) is 22.9 Å². The molecule has 2 aromatic rings. The van der Waals surface area contributed by atoms with Crippen molar-refractivity contribution >= 4 is 21.7 Å². The van der Waals surface area contributed by atoms with Gasteiger partial charge in [-0.25, -0.2) is 0 Å². The van der Waals surface area contributed by atoms with Gasteiger partial charge in [0.15, 0.2) is 23.1 Å². The van der Waals surface area contributed by atoms with E-state index < -0.39 is 0 Å². The molecule has 1 fully saturated rings. The summed E-state index contributed by atoms with van der Waals surface area (Å²) in [5, 5.41) is 3.71. The van der Waals surface area contributed by atoms with Crippen LogP contribution < -0.4 is 15.2 Å². The zero-order valence-electron chi connectivity index (χ0n) is 11.8. The molecule has 5 nitrogen and oxygen atoms in total. The highest BCUT2D eigenvalue weighted by Crippen LogP contribution is 2.41. The van der Waals surface area contributed by atoms with Crippen LogP contribution in [-0.2, 0) is 0 Å². The van der Waals surface area contributed by atoms with E-state index in [1.165, 1.54) is 12.8 Å². The summed E-state index contributed by atoms with van der Waals surface area (Å²) in [6.45, 7) is 0. The van der Waals surface area contributed by atoms with Crippen LogP contribution in [0.2, 0.25) is 0 Å². The Labute approximate surface area is 131 Å². The predicted octanol–water partition coefficient (Wildman–Crippen LogP) is 4.02. The van der Waals surface area contributed by atoms with Gasteiger partial charge < -0.3 is 19.7 Å². The highest BCUT2D eigenvalue weighted by Gasteiger charge is 2.21. The molecule has 1 aromatic carbocycles. The SMILES string of the molecule is COc1c(Br)cc(-c2cc(N)no2)cc1OC1CCCC1. The molecule has 1 aromatic heterocycles. The van der Waals surface area contributed by atoms with E-state index in [9.17, 15) is 0 Å². The number of halogens is 1. The third-order valence-corrected chi connectivity index (χ3v) is 4.21. The fourth-order valence-corrected chi connectivity index (χ4v) is 3.21. The zero-order valence-corrected chi connectivity index (χ0v) is 13.4. The van der Waals surface area contributed by atoms with Gasteiger partial charge in [0.05, 0.1) is 17.7 Å². The Bertz CT molecular complexity index is 636. The molecule has 6 heteroatoms. The molecule has 3 rings (SSSR count). The molecule has 0 atom stereocenters. The van der Waals surface area contributed by atoms with E-state index in [1.54, 1.807) is 13.2 Å². The topological polar surface area (TPSA) is 70.5 Å². The molecular formula is C15H17BrN2O3. The summed E-state index contributed by atoms with van der Waals surface area (Å²) in [6.07, 6.45) is 4.85. The molecule has 1 aliphatic rings. The van der Waals surface area contributed by atoms with Gasteiger partial charge in [-0.05, 0) is 53.7 Å². The Hall–Kier alpha value is -1.69. The van der Waals surface area contributed by atoms with Crippen LogP contribution in [0.5, 0.6) is 11.5 Å². The Morgan fingerprint density at radius 3 is 2.67 bits per heavy atom. The van der Waals surface area contributed by atoms with Crippen LogP contribution in [0.15, 0.2) is 27.2 Å². The van der Waals surface area contributed by atoms with Gasteiger partial charge in [0.2, 0.25) is 0 Å². The van der Waals surface area contributed by atoms with E-state index in [2.05, 4.69) is 21.1 Å². The van der Waals surface area contributed by atoms with Crippen LogP contribution >= 0.6 is 15.9 Å². The van der Waals surface area contributed by atoms with Gasteiger partial charge in [0, 0.05) is 11.6 Å². The van der Waals surface area contributed by atoms with Crippen LogP contribution in [0.25, 0.3) is 11.3 Å². The van der Waals surface area contributed by atoms with Crippen LogP contribution in [0.1, 0.15) is 25.7 Å². The van der Waals surface area contributed by atoms with E-state index >= 15 is 0 Å². The highest BCUT2D eigenvalue weighted by atomic mass is 79.9. The Morgan fingerprint density at radius 2 is 2.05 bits per heavy atom. The number of rotatable bonds is 4. The molecule has 0 bridgehead atoms. The Morgan fingerprint density at radius 1 is 1.29 bits per heavy atom. The molecule has 2 N–H and O–H groups in total. The molecule has 1 heterocycles. The molecule has 112 valence electrons. The number of hydrogen-bond acceptors (Lipinski definition) is 5. The molecule has 0 aliphatic heterocycles. The summed E-state index contributed by atoms with van der Waals surface area (Å²) >= 11 is 3.51. The maximum Gasteiger partial charge on any atom is 0.174 e. The zero-order chi connectivity index (χ0) is 14.8. The van der Waals surface area contributed by atoms with Crippen molar-refractivity contribution in [2.24, 2.45) is 0 Å². The first-order valence-corrected chi connectivity index (χ1v) is 7.73. The summed E-state index contributed by atoms with van der Waals surface area (Å²) in [5.41, 5.74) is 6.45. The van der Waals surface area contributed by atoms with Crippen molar-refractivity contribution < 1.29 is 14.0 Å². The third kappa shape index (κ3) is 3.00. The first-order valence-electron chi connectivity index (χ1n) is 6.94. The van der Waals surface area contributed by atoms with Crippen LogP contribution in [-0.4, -0.2) is 18.4 Å². The number of aromatic nitrogens is 1. The molecular weight excluding hydrogens is 336 g/mol. The van der Waals surface area contributed by atoms with Crippen molar-refractivity contribution in [2.75, 3.05) is 12.8 Å². The average molecular weight is 353 g/mol. The number of nitrogen functional groups attached to an aromatic ring is 1. The Kier molecular flexibility index (Phi) is 4.05. The second kappa shape index (κ2) is 5.97. The van der Waals surface area contributed by atoms with Crippen molar-refractivity contribution in [3.8, 4) is 22.8 Å². The van der Waals surface area contributed by atoms with E-state index in [0.29, 0.717) is 23.1 Å². The van der Waals surface area contributed by atoms with Crippen molar-refractivity contribution in [1.29, 1.82) is 0 Å². The summed E-state index contributed by atoms with van der Waals surface area (Å²) in [5.74, 6) is 2.37. The number of hydrogen-bond donors (Lipinski definition) is 1. The lowest BCUT2D eigenvalue weighted by molar-refractivity contribution is 0.200. The summed E-state index contributed by atoms with van der Waals surface area (Å²) in [4.78, 5) is 0. The molecule has 0 radical (unpaired) electrons. The summed E-state index contributed by atoms with van der Waals surface area (Å²) in [6, 6.07) is 5.50. The standard InChI is InChI=1S/C15H17BrN2O3/c1-19-15-11(16)6-9(12-8-14(17)18-21-12)7-13(15)20-10-4-2-3-5-10/h6-8,10H,2-5H2,1H3,(H2,17,18). The van der Waals surface area contributed by atoms with Gasteiger partial charge in [-0.2, -0.15) is 0 Å². The lowest BCUT2D eigenvalue weighted by atomic mass is 10.1. The molecule has 0 amide bonds. The minimum absolute atomic E-state index is 0.251. The fourth-order valence-electron chi connectivity index (χ4n) is 2.61. The maximum atomic E-state index is 6.10. The minimum atomic E-state index is 0.251. The lowest BCUT2D eigenvalue weighted by Crippen LogP contribution is -2.11. The van der Waals surface area contributed by atoms with E-state index in [1.807, 2.05) is 12.1 Å². The van der Waals surface area contributed by atoms with Gasteiger partial charge >= 0.3 is 0 Å². The number of ether oxygens (including phenoxy) is 2. The van der Waals surface area contributed by atoms with Crippen molar-refractivity contribution in [3.63, 3.8) is 0 Å². The van der Waals surface area contributed by atoms with Gasteiger partial charge in [-0.3, -0.25) is 0 Å². The van der Waals surface area contributed by atoms with Crippen molar-refractivity contribution in [3.05, 3.63) is 22.7 Å². The molecule has 1 saturated carbocycles. The largest absolute Gasteiger partial charge is 0.492 e. The van der Waals surface area contributed by atoms with Gasteiger partial charge in [-0.1, -0.05) is 5.16 Å². The highest BCUT2D eigenvalue weighted by molar-refractivity contribution is 9.10. The molecule has 0 spiro atoms. The number of methoxy groups -OCH3 is 1. The van der Waals surface area contributed by atoms with Gasteiger partial charge in [-0.15, -0.1) is 0 Å². The summed E-state index contributed by atoms with van der Waals surface area (Å²) in [7, 11) is 1.63. The average Bonchev–Trinajstić information content (AvgIpc) is 3.10. The fraction of sp³-hybridized carbons (Fsp3) is 0.400. The van der Waals surface area contributed by atoms with Gasteiger partial charge in [0.1, 0.15) is 0 Å². The third-order valence-electron chi connectivity index (χ3n) is 3.62. The molecule has 21 heavy (non-hydrogen) atoms. The summed E-state index contributed by atoms with van der Waals surface area (Å²) < 4.78 is 17.6. The maximum absolute atomic E-state index is 6.10. The molecule has 0 unspecified atom stereocenters. The van der Waals surface area contributed by atoms with E-state index in [-0.39, 0.29) is 6.10 Å². The molecule has 1 aliphatic carbocycles. The Balaban J connectivity index is 1.97. The van der Waals surface area contributed by atoms with Crippen LogP contribution in [0, 0.1) is 0 Å². The lowest BCUT2D eigenvalue weighted by Gasteiger charge is -2.17. The number of nitrogens with zero attached hydrogens (tertiary/aromatic N) is 1. The predicted molar refractivity (Wildman–Crippen MR) is 83.5 cm³/mol. The normalized spacial score (nSPS) is 15.3. The number of anilines is 1. The number of benzene rings is 1. The molecule has 0 saturated heterocycles. The second-order valence-electron chi connectivity index (χ2n) is 5.13. The van der Waals surface area contributed by atoms with Gasteiger partial charge in [0.25, 0.3) is 0 Å². The van der Waals surface area contributed by atoms with Crippen molar-refractivity contribution in [2.45, 2.75) is 31.8 Å². The minimum Gasteiger partial charge on any atom is -0.492 e. The second-order valence-corrected chi connectivity index (χ2v) is 5.98. The smallest absolute Gasteiger partial charge is 0.174 e. The van der Waals surface area contributed by atoms with E-state index in [4.69, 9.17) is 19.7 Å². The van der Waals surface area contributed by atoms with Crippen molar-refractivity contribution in [1.82, 2.24) is 5.16 Å². The quantitative estimate of drug-likeness (QED) is 0.899.